The van der Waals surface area contributed by atoms with Crippen LogP contribution in [0.1, 0.15) is 39.0 Å². The molecule has 0 aliphatic carbocycles. The van der Waals surface area contributed by atoms with E-state index in [1.807, 2.05) is 36.4 Å². The monoisotopic (exact) mass is 377 g/mol. The largest absolute Gasteiger partial charge is 0.480 e. The molecule has 26 heavy (non-hydrogen) atoms. The summed E-state index contributed by atoms with van der Waals surface area (Å²) in [7, 11) is 0. The van der Waals surface area contributed by atoms with E-state index in [1.54, 1.807) is 12.4 Å². The van der Waals surface area contributed by atoms with E-state index in [0.717, 1.165) is 42.0 Å². The Morgan fingerprint density at radius 2 is 1.69 bits per heavy atom. The van der Waals surface area contributed by atoms with Crippen molar-refractivity contribution in [2.75, 3.05) is 5.32 Å². The summed E-state index contributed by atoms with van der Waals surface area (Å²) >= 11 is 1.43. The van der Waals surface area contributed by atoms with E-state index in [-0.39, 0.29) is 5.25 Å². The molecular weight excluding hydrogens is 350 g/mol. The lowest BCUT2D eigenvalue weighted by atomic mass is 10.1. The molecule has 0 amide bonds. The summed E-state index contributed by atoms with van der Waals surface area (Å²) in [6, 6.07) is 11.7. The van der Waals surface area contributed by atoms with Gasteiger partial charge in [-0.3, -0.25) is 9.78 Å². The highest BCUT2D eigenvalue weighted by atomic mass is 32.2. The van der Waals surface area contributed by atoms with Gasteiger partial charge in [0.05, 0.1) is 0 Å². The van der Waals surface area contributed by atoms with Crippen LogP contribution in [-0.2, 0) is 4.79 Å². The molecule has 5 N–H and O–H groups in total. The number of nitrogens with one attached hydrogen (secondary N) is 1. The van der Waals surface area contributed by atoms with Gasteiger partial charge in [-0.05, 0) is 42.8 Å². The number of pyridine rings is 1. The molecule has 2 rings (SSSR count). The van der Waals surface area contributed by atoms with Gasteiger partial charge in [-0.15, -0.1) is 11.8 Å². The quantitative estimate of drug-likeness (QED) is 0.270. The fourth-order valence-corrected chi connectivity index (χ4v) is 3.38. The number of nitrogens with zero attached hydrogens (tertiary/aromatic N) is 1. The number of aliphatic carboxylic acids is 1. The number of anilines is 2. The maximum Gasteiger partial charge on any atom is 0.316 e. The molecule has 0 aliphatic rings. The molecule has 0 bridgehead atoms. The number of hydrogen-bond acceptors (Lipinski definition) is 6. The number of nitrogens with two attached hydrogens (primary N) is 1. The average Bonchev–Trinajstić information content (AvgIpc) is 2.68. The molecule has 0 saturated heterocycles. The molecule has 0 spiro atoms. The molecule has 0 saturated carbocycles. The topological polar surface area (TPSA) is 108 Å². The van der Waals surface area contributed by atoms with Crippen LogP contribution < -0.4 is 11.2 Å². The van der Waals surface area contributed by atoms with E-state index in [4.69, 9.17) is 5.21 Å². The van der Waals surface area contributed by atoms with Crippen molar-refractivity contribution < 1.29 is 15.1 Å². The number of aromatic nitrogens is 1. The summed E-state index contributed by atoms with van der Waals surface area (Å²) in [6.45, 7) is 2.16. The predicted molar refractivity (Wildman–Crippen MR) is 106 cm³/mol. The van der Waals surface area contributed by atoms with Gasteiger partial charge in [0.2, 0.25) is 0 Å². The molecular formula is C19H27N3O3S. The van der Waals surface area contributed by atoms with Crippen molar-refractivity contribution in [3.8, 4) is 0 Å². The van der Waals surface area contributed by atoms with E-state index in [1.165, 1.54) is 18.2 Å². The van der Waals surface area contributed by atoms with Crippen LogP contribution in [-0.4, -0.2) is 26.5 Å². The SMILES string of the molecule is CCCCCCC(Sc1ccc(Nc2ccncc2)cc1)C(=O)O.NO. The first kappa shape index (κ1) is 22.0. The molecule has 1 aromatic carbocycles. The smallest absolute Gasteiger partial charge is 0.316 e. The molecule has 1 aromatic heterocycles. The van der Waals surface area contributed by atoms with Gasteiger partial charge in [-0.25, -0.2) is 5.90 Å². The Morgan fingerprint density at radius 3 is 2.27 bits per heavy atom. The Hall–Kier alpha value is -2.09. The molecule has 0 radical (unpaired) electrons. The Balaban J connectivity index is 0.00000163. The molecule has 0 aliphatic heterocycles. The van der Waals surface area contributed by atoms with Crippen LogP contribution in [0.3, 0.4) is 0 Å². The molecule has 7 heteroatoms. The van der Waals surface area contributed by atoms with E-state index in [2.05, 4.69) is 23.1 Å². The van der Waals surface area contributed by atoms with Crippen molar-refractivity contribution in [1.29, 1.82) is 0 Å². The van der Waals surface area contributed by atoms with Crippen LogP contribution in [0, 0.1) is 0 Å². The number of hydrogen-bond donors (Lipinski definition) is 4. The van der Waals surface area contributed by atoms with Crippen molar-refractivity contribution >= 4 is 29.1 Å². The zero-order valence-electron chi connectivity index (χ0n) is 15.0. The number of rotatable bonds is 10. The normalized spacial score (nSPS) is 11.2. The molecule has 0 fully saturated rings. The third-order valence-electron chi connectivity index (χ3n) is 3.70. The fourth-order valence-electron chi connectivity index (χ4n) is 2.37. The standard InChI is InChI=1S/C19H24N2O2S.H3NO/c1-2-3-4-5-6-18(19(22)23)24-17-9-7-15(8-10-17)21-16-11-13-20-14-12-16;1-2/h7-14,18H,2-6H2,1H3,(H,20,21)(H,22,23);2H,1H2. The summed E-state index contributed by atoms with van der Waals surface area (Å²) in [5, 5.41) is 18.8. The second kappa shape index (κ2) is 13.2. The van der Waals surface area contributed by atoms with Crippen LogP contribution >= 0.6 is 11.8 Å². The molecule has 2 aromatic rings. The van der Waals surface area contributed by atoms with Gasteiger partial charge in [0, 0.05) is 28.7 Å². The minimum absolute atomic E-state index is 0.374. The van der Waals surface area contributed by atoms with Crippen LogP contribution in [0.15, 0.2) is 53.7 Å². The van der Waals surface area contributed by atoms with Crippen LogP contribution in [0.2, 0.25) is 0 Å². The summed E-state index contributed by atoms with van der Waals surface area (Å²) < 4.78 is 0. The van der Waals surface area contributed by atoms with Gasteiger partial charge in [-0.2, -0.15) is 0 Å². The second-order valence-electron chi connectivity index (χ2n) is 5.68. The van der Waals surface area contributed by atoms with Crippen molar-refractivity contribution in [3.63, 3.8) is 0 Å². The third-order valence-corrected chi connectivity index (χ3v) is 4.96. The highest BCUT2D eigenvalue weighted by Gasteiger charge is 2.18. The van der Waals surface area contributed by atoms with Gasteiger partial charge in [-0.1, -0.05) is 32.6 Å². The third kappa shape index (κ3) is 8.33. The van der Waals surface area contributed by atoms with Gasteiger partial charge < -0.3 is 15.6 Å². The second-order valence-corrected chi connectivity index (χ2v) is 6.96. The van der Waals surface area contributed by atoms with Crippen LogP contribution in [0.25, 0.3) is 0 Å². The highest BCUT2D eigenvalue weighted by molar-refractivity contribution is 8.00. The summed E-state index contributed by atoms with van der Waals surface area (Å²) in [5.74, 6) is 2.77. The van der Waals surface area contributed by atoms with Gasteiger partial charge in [0.1, 0.15) is 5.25 Å². The Morgan fingerprint density at radius 1 is 1.08 bits per heavy atom. The van der Waals surface area contributed by atoms with E-state index >= 15 is 0 Å². The van der Waals surface area contributed by atoms with Crippen molar-refractivity contribution in [3.05, 3.63) is 48.8 Å². The highest BCUT2D eigenvalue weighted by Crippen LogP contribution is 2.29. The summed E-state index contributed by atoms with van der Waals surface area (Å²) in [5.41, 5.74) is 1.95. The first-order valence-corrected chi connectivity index (χ1v) is 9.49. The molecule has 142 valence electrons. The number of carboxylic acid groups (broad SMARTS) is 1. The Bertz CT molecular complexity index is 624. The van der Waals surface area contributed by atoms with Crippen molar-refractivity contribution in [2.24, 2.45) is 5.90 Å². The average molecular weight is 378 g/mol. The number of benzene rings is 1. The minimum atomic E-state index is -0.726. The lowest BCUT2D eigenvalue weighted by Gasteiger charge is -2.12. The summed E-state index contributed by atoms with van der Waals surface area (Å²) in [6.07, 6.45) is 8.61. The number of thioether (sulfide) groups is 1. The number of carboxylic acids is 1. The van der Waals surface area contributed by atoms with Gasteiger partial charge in [0.15, 0.2) is 0 Å². The predicted octanol–water partition coefficient (Wildman–Crippen LogP) is 4.68. The number of carbonyl (C=O) groups is 1. The van der Waals surface area contributed by atoms with E-state index in [9.17, 15) is 9.90 Å². The maximum absolute atomic E-state index is 11.4. The van der Waals surface area contributed by atoms with Crippen LogP contribution in [0.5, 0.6) is 0 Å². The van der Waals surface area contributed by atoms with E-state index in [0.29, 0.717) is 0 Å². The Kier molecular flexibility index (Phi) is 11.1. The zero-order valence-corrected chi connectivity index (χ0v) is 15.8. The van der Waals surface area contributed by atoms with Gasteiger partial charge >= 0.3 is 5.97 Å². The summed E-state index contributed by atoms with van der Waals surface area (Å²) in [4.78, 5) is 16.4. The fraction of sp³-hybridized carbons (Fsp3) is 0.368. The molecule has 1 atom stereocenters. The molecule has 6 nitrogen and oxygen atoms in total. The molecule has 1 heterocycles. The lowest BCUT2D eigenvalue weighted by Crippen LogP contribution is -2.16. The van der Waals surface area contributed by atoms with Crippen molar-refractivity contribution in [1.82, 2.24) is 4.98 Å². The van der Waals surface area contributed by atoms with Crippen LogP contribution in [0.4, 0.5) is 11.4 Å². The zero-order chi connectivity index (χ0) is 19.2. The van der Waals surface area contributed by atoms with Gasteiger partial charge in [0.25, 0.3) is 0 Å². The first-order chi connectivity index (χ1) is 12.7. The lowest BCUT2D eigenvalue weighted by molar-refractivity contribution is -0.136. The first-order valence-electron chi connectivity index (χ1n) is 8.61. The maximum atomic E-state index is 11.4. The molecule has 1 unspecified atom stereocenters. The van der Waals surface area contributed by atoms with Crippen molar-refractivity contribution in [2.45, 2.75) is 49.2 Å². The Labute approximate surface area is 158 Å². The minimum Gasteiger partial charge on any atom is -0.480 e. The van der Waals surface area contributed by atoms with E-state index < -0.39 is 5.97 Å². The number of unbranched alkanes of at least 4 members (excludes halogenated alkanes) is 3.